The number of fused-ring (bicyclic) bond motifs is 1. The predicted octanol–water partition coefficient (Wildman–Crippen LogP) is 4.26. The molecule has 5 nitrogen and oxygen atoms in total. The van der Waals surface area contributed by atoms with E-state index in [1.54, 1.807) is 10.6 Å². The number of para-hydroxylation sites is 1. The van der Waals surface area contributed by atoms with Gasteiger partial charge in [0.05, 0.1) is 22.3 Å². The molecule has 1 aromatic heterocycles. The fourth-order valence-corrected chi connectivity index (χ4v) is 3.72. The number of aryl methyl sites for hydroxylation is 2. The summed E-state index contributed by atoms with van der Waals surface area (Å²) in [5, 5.41) is 4.08. The van der Waals surface area contributed by atoms with Gasteiger partial charge in [-0.2, -0.15) is 0 Å². The van der Waals surface area contributed by atoms with E-state index >= 15 is 0 Å². The molecule has 152 valence electrons. The Morgan fingerprint density at radius 3 is 2.52 bits per heavy atom. The van der Waals surface area contributed by atoms with Crippen LogP contribution in [0.25, 0.3) is 16.6 Å². The molecule has 0 saturated heterocycles. The molecule has 0 aliphatic heterocycles. The minimum absolute atomic E-state index is 0.0646. The fourth-order valence-electron chi connectivity index (χ4n) is 2.89. The highest BCUT2D eigenvalue weighted by atomic mass is 32.2. The minimum Gasteiger partial charge on any atom is -0.353 e. The van der Waals surface area contributed by atoms with Crippen molar-refractivity contribution < 1.29 is 4.79 Å². The van der Waals surface area contributed by atoms with Crippen LogP contribution in [0.5, 0.6) is 0 Å². The molecule has 0 aliphatic rings. The lowest BCUT2D eigenvalue weighted by molar-refractivity contribution is -0.119. The second kappa shape index (κ2) is 8.82. The van der Waals surface area contributed by atoms with Crippen molar-refractivity contribution in [3.05, 3.63) is 63.9 Å². The van der Waals surface area contributed by atoms with Gasteiger partial charge in [-0.25, -0.2) is 4.98 Å². The molecule has 2 aromatic carbocycles. The lowest BCUT2D eigenvalue weighted by Crippen LogP contribution is -2.37. The third kappa shape index (κ3) is 4.70. The summed E-state index contributed by atoms with van der Waals surface area (Å²) in [5.74, 6) is 0.494. The van der Waals surface area contributed by atoms with Crippen LogP contribution in [0, 0.1) is 19.8 Å². The van der Waals surface area contributed by atoms with Gasteiger partial charge in [0.25, 0.3) is 5.56 Å². The Morgan fingerprint density at radius 1 is 1.10 bits per heavy atom. The SMILES string of the molecule is Cc1ccc(-n2c(SCC(=O)NC(C)C(C)C)nc3ccccc3c2=O)cc1C. The first-order valence-corrected chi connectivity index (χ1v) is 10.8. The van der Waals surface area contributed by atoms with E-state index in [1.165, 1.54) is 11.8 Å². The van der Waals surface area contributed by atoms with Crippen molar-refractivity contribution in [1.29, 1.82) is 0 Å². The van der Waals surface area contributed by atoms with Crippen LogP contribution < -0.4 is 10.9 Å². The third-order valence-corrected chi connectivity index (χ3v) is 6.15. The van der Waals surface area contributed by atoms with Crippen molar-refractivity contribution in [3.63, 3.8) is 0 Å². The van der Waals surface area contributed by atoms with Gasteiger partial charge in [-0.15, -0.1) is 0 Å². The van der Waals surface area contributed by atoms with E-state index in [1.807, 2.05) is 57.2 Å². The first-order chi connectivity index (χ1) is 13.8. The molecule has 3 aromatic rings. The van der Waals surface area contributed by atoms with Crippen molar-refractivity contribution in [3.8, 4) is 5.69 Å². The van der Waals surface area contributed by atoms with E-state index in [2.05, 4.69) is 19.2 Å². The van der Waals surface area contributed by atoms with Crippen LogP contribution in [0.15, 0.2) is 52.4 Å². The normalized spacial score (nSPS) is 12.3. The van der Waals surface area contributed by atoms with Gasteiger partial charge in [0.2, 0.25) is 5.91 Å². The van der Waals surface area contributed by atoms with E-state index < -0.39 is 0 Å². The first kappa shape index (κ1) is 21.1. The van der Waals surface area contributed by atoms with Crippen LogP contribution in [0.4, 0.5) is 0 Å². The van der Waals surface area contributed by atoms with Crippen molar-refractivity contribution in [2.75, 3.05) is 5.75 Å². The molecule has 0 spiro atoms. The number of benzene rings is 2. The number of rotatable bonds is 6. The Hall–Kier alpha value is -2.60. The Bertz CT molecular complexity index is 1100. The zero-order valence-corrected chi connectivity index (χ0v) is 18.3. The molecule has 1 amide bonds. The van der Waals surface area contributed by atoms with Crippen molar-refractivity contribution in [2.45, 2.75) is 45.8 Å². The molecular weight excluding hydrogens is 382 g/mol. The molecule has 0 radical (unpaired) electrons. The summed E-state index contributed by atoms with van der Waals surface area (Å²) in [6.45, 7) is 10.2. The van der Waals surface area contributed by atoms with Gasteiger partial charge in [-0.3, -0.25) is 14.2 Å². The lowest BCUT2D eigenvalue weighted by Gasteiger charge is -2.18. The Morgan fingerprint density at radius 2 is 1.83 bits per heavy atom. The topological polar surface area (TPSA) is 64.0 Å². The number of nitrogens with one attached hydrogen (secondary N) is 1. The highest BCUT2D eigenvalue weighted by molar-refractivity contribution is 7.99. The number of carbonyl (C=O) groups is 1. The van der Waals surface area contributed by atoms with Crippen LogP contribution >= 0.6 is 11.8 Å². The Labute approximate surface area is 175 Å². The smallest absolute Gasteiger partial charge is 0.266 e. The summed E-state index contributed by atoms with van der Waals surface area (Å²) in [6, 6.07) is 13.3. The standard InChI is InChI=1S/C23H27N3O2S/c1-14(2)17(5)24-21(27)13-29-23-25-20-9-7-6-8-19(20)22(28)26(23)18-11-10-15(3)16(4)12-18/h6-12,14,17H,13H2,1-5H3,(H,24,27). The number of hydrogen-bond acceptors (Lipinski definition) is 4. The van der Waals surface area contributed by atoms with Gasteiger partial charge in [0.15, 0.2) is 5.16 Å². The number of hydrogen-bond donors (Lipinski definition) is 1. The second-order valence-corrected chi connectivity index (χ2v) is 8.65. The zero-order chi connectivity index (χ0) is 21.1. The first-order valence-electron chi connectivity index (χ1n) is 9.79. The van der Waals surface area contributed by atoms with Crippen LogP contribution in [0.2, 0.25) is 0 Å². The van der Waals surface area contributed by atoms with E-state index in [0.29, 0.717) is 22.0 Å². The molecule has 1 N–H and O–H groups in total. The molecule has 1 heterocycles. The summed E-state index contributed by atoms with van der Waals surface area (Å²) in [4.78, 5) is 30.3. The largest absolute Gasteiger partial charge is 0.353 e. The number of aromatic nitrogens is 2. The quantitative estimate of drug-likeness (QED) is 0.488. The highest BCUT2D eigenvalue weighted by Crippen LogP contribution is 2.22. The molecule has 3 rings (SSSR count). The molecular formula is C23H27N3O2S. The monoisotopic (exact) mass is 409 g/mol. The molecule has 6 heteroatoms. The molecule has 0 fully saturated rings. The van der Waals surface area contributed by atoms with Gasteiger partial charge in [0.1, 0.15) is 0 Å². The molecule has 0 aliphatic carbocycles. The summed E-state index contributed by atoms with van der Waals surface area (Å²) in [7, 11) is 0. The number of carbonyl (C=O) groups excluding carboxylic acids is 1. The van der Waals surface area contributed by atoms with Crippen molar-refractivity contribution >= 4 is 28.6 Å². The average Bonchev–Trinajstić information content (AvgIpc) is 2.68. The number of nitrogens with zero attached hydrogens (tertiary/aromatic N) is 2. The number of thioether (sulfide) groups is 1. The summed E-state index contributed by atoms with van der Waals surface area (Å²) >= 11 is 1.28. The molecule has 1 unspecified atom stereocenters. The summed E-state index contributed by atoms with van der Waals surface area (Å²) < 4.78 is 1.61. The Balaban J connectivity index is 2.02. The predicted molar refractivity (Wildman–Crippen MR) is 120 cm³/mol. The summed E-state index contributed by atoms with van der Waals surface area (Å²) in [5.41, 5.74) is 3.52. The minimum atomic E-state index is -0.127. The van der Waals surface area contributed by atoms with Crippen LogP contribution in [-0.4, -0.2) is 27.3 Å². The van der Waals surface area contributed by atoms with E-state index in [-0.39, 0.29) is 23.3 Å². The van der Waals surface area contributed by atoms with Crippen LogP contribution in [0.3, 0.4) is 0 Å². The number of amides is 1. The molecule has 1 atom stereocenters. The Kier molecular flexibility index (Phi) is 6.42. The van der Waals surface area contributed by atoms with Gasteiger partial charge in [-0.05, 0) is 62.1 Å². The summed E-state index contributed by atoms with van der Waals surface area (Å²) in [6.07, 6.45) is 0. The maximum Gasteiger partial charge on any atom is 0.266 e. The van der Waals surface area contributed by atoms with Crippen LogP contribution in [-0.2, 0) is 4.79 Å². The van der Waals surface area contributed by atoms with Gasteiger partial charge >= 0.3 is 0 Å². The van der Waals surface area contributed by atoms with Crippen LogP contribution in [0.1, 0.15) is 31.9 Å². The van der Waals surface area contributed by atoms with Gasteiger partial charge in [-0.1, -0.05) is 43.8 Å². The average molecular weight is 410 g/mol. The molecule has 0 saturated carbocycles. The fraction of sp³-hybridized carbons (Fsp3) is 0.348. The third-order valence-electron chi connectivity index (χ3n) is 5.21. The second-order valence-electron chi connectivity index (χ2n) is 7.71. The maximum absolute atomic E-state index is 13.3. The van der Waals surface area contributed by atoms with E-state index in [4.69, 9.17) is 4.98 Å². The van der Waals surface area contributed by atoms with Gasteiger partial charge < -0.3 is 5.32 Å². The van der Waals surface area contributed by atoms with Crippen molar-refractivity contribution in [1.82, 2.24) is 14.9 Å². The molecule has 29 heavy (non-hydrogen) atoms. The lowest BCUT2D eigenvalue weighted by atomic mass is 10.1. The maximum atomic E-state index is 13.3. The highest BCUT2D eigenvalue weighted by Gasteiger charge is 2.16. The van der Waals surface area contributed by atoms with Crippen molar-refractivity contribution in [2.24, 2.45) is 5.92 Å². The van der Waals surface area contributed by atoms with E-state index in [9.17, 15) is 9.59 Å². The van der Waals surface area contributed by atoms with Gasteiger partial charge in [0, 0.05) is 6.04 Å². The molecule has 0 bridgehead atoms. The zero-order valence-electron chi connectivity index (χ0n) is 17.5. The van der Waals surface area contributed by atoms with E-state index in [0.717, 1.165) is 16.8 Å².